The number of aliphatic hydroxyl groups is 1. The van der Waals surface area contributed by atoms with Gasteiger partial charge in [0.15, 0.2) is 0 Å². The normalized spacial score (nSPS) is 16.6. The Morgan fingerprint density at radius 1 is 1.43 bits per heavy atom. The summed E-state index contributed by atoms with van der Waals surface area (Å²) in [5.74, 6) is 0. The Bertz CT molecular complexity index is 523. The standard InChI is InChI=1S/C14H21ClN2O3S/c1-10(21(3)20)8-16-13(18)17-9-14(2,19)11-6-4-5-7-12(11)15/h4-7,10,19H,8-9H2,1-3H3,(H2,16,17,18)/t10-,14+,21+/m1/s1. The van der Waals surface area contributed by atoms with E-state index in [0.717, 1.165) is 0 Å². The van der Waals surface area contributed by atoms with E-state index in [0.29, 0.717) is 17.1 Å². The Hall–Kier alpha value is -1.11. The van der Waals surface area contributed by atoms with Crippen molar-refractivity contribution in [3.8, 4) is 0 Å². The molecule has 0 fully saturated rings. The van der Waals surface area contributed by atoms with E-state index in [1.165, 1.54) is 0 Å². The lowest BCUT2D eigenvalue weighted by Crippen LogP contribution is -2.45. The Morgan fingerprint density at radius 2 is 2.05 bits per heavy atom. The maximum absolute atomic E-state index is 11.7. The SMILES string of the molecule is C[C@H](CNC(=O)NC[C@](C)(O)c1ccccc1Cl)[S@](C)=O. The molecule has 0 saturated carbocycles. The molecule has 0 unspecified atom stereocenters. The number of hydrogen-bond donors (Lipinski definition) is 3. The molecule has 3 atom stereocenters. The third-order valence-corrected chi connectivity index (χ3v) is 4.79. The number of nitrogens with one attached hydrogen (secondary N) is 2. The van der Waals surface area contributed by atoms with Crippen molar-refractivity contribution in [2.24, 2.45) is 0 Å². The number of carbonyl (C=O) groups is 1. The van der Waals surface area contributed by atoms with E-state index in [-0.39, 0.29) is 11.8 Å². The second-order valence-corrected chi connectivity index (χ2v) is 7.34. The number of benzene rings is 1. The average Bonchev–Trinajstić information content (AvgIpc) is 2.42. The van der Waals surface area contributed by atoms with Crippen LogP contribution < -0.4 is 10.6 Å². The number of carbonyl (C=O) groups excluding carboxylic acids is 1. The summed E-state index contributed by atoms with van der Waals surface area (Å²) in [6, 6.07) is 6.52. The molecule has 0 spiro atoms. The molecule has 118 valence electrons. The molecule has 0 aliphatic carbocycles. The highest BCUT2D eigenvalue weighted by Crippen LogP contribution is 2.26. The van der Waals surface area contributed by atoms with Crippen LogP contribution in [0.2, 0.25) is 5.02 Å². The summed E-state index contributed by atoms with van der Waals surface area (Å²) in [5, 5.41) is 15.9. The molecule has 0 bridgehead atoms. The van der Waals surface area contributed by atoms with Crippen LogP contribution in [0.3, 0.4) is 0 Å². The largest absolute Gasteiger partial charge is 0.384 e. The maximum Gasteiger partial charge on any atom is 0.314 e. The molecule has 21 heavy (non-hydrogen) atoms. The van der Waals surface area contributed by atoms with Crippen molar-refractivity contribution in [3.05, 3.63) is 34.9 Å². The van der Waals surface area contributed by atoms with Crippen LogP contribution in [-0.4, -0.2) is 39.9 Å². The molecule has 0 saturated heterocycles. The molecule has 1 rings (SSSR count). The van der Waals surface area contributed by atoms with Gasteiger partial charge in [-0.05, 0) is 19.9 Å². The molecule has 0 aromatic heterocycles. The molecule has 3 N–H and O–H groups in total. The van der Waals surface area contributed by atoms with E-state index in [4.69, 9.17) is 11.6 Å². The van der Waals surface area contributed by atoms with E-state index in [9.17, 15) is 14.1 Å². The third kappa shape index (κ3) is 5.65. The van der Waals surface area contributed by atoms with Crippen molar-refractivity contribution in [1.82, 2.24) is 10.6 Å². The topological polar surface area (TPSA) is 78.4 Å². The van der Waals surface area contributed by atoms with Gasteiger partial charge in [0, 0.05) is 39.4 Å². The smallest absolute Gasteiger partial charge is 0.314 e. The molecule has 1 aromatic carbocycles. The Morgan fingerprint density at radius 3 is 2.62 bits per heavy atom. The highest BCUT2D eigenvalue weighted by molar-refractivity contribution is 7.84. The quantitative estimate of drug-likeness (QED) is 0.740. The second-order valence-electron chi connectivity index (χ2n) is 5.13. The molecular weight excluding hydrogens is 312 g/mol. The van der Waals surface area contributed by atoms with Gasteiger partial charge in [-0.15, -0.1) is 0 Å². The van der Waals surface area contributed by atoms with Crippen molar-refractivity contribution in [2.45, 2.75) is 24.7 Å². The van der Waals surface area contributed by atoms with Crippen molar-refractivity contribution in [3.63, 3.8) is 0 Å². The summed E-state index contributed by atoms with van der Waals surface area (Å²) in [6.45, 7) is 3.70. The summed E-state index contributed by atoms with van der Waals surface area (Å²) in [5.41, 5.74) is -0.718. The zero-order valence-electron chi connectivity index (χ0n) is 12.4. The highest BCUT2D eigenvalue weighted by Gasteiger charge is 2.26. The zero-order chi connectivity index (χ0) is 16.0. The van der Waals surface area contributed by atoms with Gasteiger partial charge in [0.25, 0.3) is 0 Å². The van der Waals surface area contributed by atoms with Crippen LogP contribution in [0.4, 0.5) is 4.79 Å². The van der Waals surface area contributed by atoms with Crippen LogP contribution in [0.15, 0.2) is 24.3 Å². The van der Waals surface area contributed by atoms with Crippen molar-refractivity contribution >= 4 is 28.4 Å². The van der Waals surface area contributed by atoms with Crippen LogP contribution >= 0.6 is 11.6 Å². The van der Waals surface area contributed by atoms with Crippen LogP contribution in [0.5, 0.6) is 0 Å². The summed E-state index contributed by atoms with van der Waals surface area (Å²) in [6.07, 6.45) is 1.59. The summed E-state index contributed by atoms with van der Waals surface area (Å²) in [4.78, 5) is 11.7. The number of rotatable bonds is 6. The van der Waals surface area contributed by atoms with Crippen molar-refractivity contribution in [1.29, 1.82) is 0 Å². The number of urea groups is 1. The Labute approximate surface area is 132 Å². The molecule has 0 aliphatic rings. The predicted octanol–water partition coefficient (Wildman–Crippen LogP) is 1.61. The summed E-state index contributed by atoms with van der Waals surface area (Å²) < 4.78 is 11.2. The van der Waals surface area contributed by atoms with Crippen LogP contribution in [-0.2, 0) is 16.4 Å². The maximum atomic E-state index is 11.7. The van der Waals surface area contributed by atoms with Gasteiger partial charge in [-0.1, -0.05) is 29.8 Å². The zero-order valence-corrected chi connectivity index (χ0v) is 13.9. The second kappa shape index (κ2) is 7.77. The number of amides is 2. The number of halogens is 1. The van der Waals surface area contributed by atoms with E-state index in [2.05, 4.69) is 10.6 Å². The fraction of sp³-hybridized carbons (Fsp3) is 0.500. The molecule has 0 heterocycles. The van der Waals surface area contributed by atoms with E-state index in [1.807, 2.05) is 0 Å². The fourth-order valence-corrected chi connectivity index (χ4v) is 2.32. The molecule has 0 aliphatic heterocycles. The molecule has 5 nitrogen and oxygen atoms in total. The van der Waals surface area contributed by atoms with Gasteiger partial charge >= 0.3 is 6.03 Å². The summed E-state index contributed by atoms with van der Waals surface area (Å²) >= 11 is 6.04. The van der Waals surface area contributed by atoms with Crippen LogP contribution in [0, 0.1) is 0 Å². The first-order chi connectivity index (χ1) is 9.74. The van der Waals surface area contributed by atoms with Gasteiger partial charge in [-0.2, -0.15) is 0 Å². The van der Waals surface area contributed by atoms with Crippen LogP contribution in [0.25, 0.3) is 0 Å². The summed E-state index contributed by atoms with van der Waals surface area (Å²) in [7, 11) is -0.990. The van der Waals surface area contributed by atoms with Crippen molar-refractivity contribution < 1.29 is 14.1 Å². The lowest BCUT2D eigenvalue weighted by Gasteiger charge is -2.25. The van der Waals surface area contributed by atoms with E-state index < -0.39 is 22.4 Å². The lowest BCUT2D eigenvalue weighted by atomic mass is 9.96. The minimum Gasteiger partial charge on any atom is -0.384 e. The predicted molar refractivity (Wildman–Crippen MR) is 86.0 cm³/mol. The Balaban J connectivity index is 2.52. The lowest BCUT2D eigenvalue weighted by molar-refractivity contribution is 0.0595. The first-order valence-corrected chi connectivity index (χ1v) is 8.55. The first kappa shape index (κ1) is 17.9. The van der Waals surface area contributed by atoms with Crippen LogP contribution in [0.1, 0.15) is 19.4 Å². The third-order valence-electron chi connectivity index (χ3n) is 3.16. The van der Waals surface area contributed by atoms with Gasteiger partial charge < -0.3 is 15.7 Å². The van der Waals surface area contributed by atoms with Gasteiger partial charge in [0.1, 0.15) is 5.60 Å². The Kier molecular flexibility index (Phi) is 6.64. The van der Waals surface area contributed by atoms with Gasteiger partial charge in [-0.3, -0.25) is 4.21 Å². The molecule has 2 amide bonds. The number of hydrogen-bond acceptors (Lipinski definition) is 3. The monoisotopic (exact) mass is 332 g/mol. The molecule has 0 radical (unpaired) electrons. The molecular formula is C14H21ClN2O3S. The highest BCUT2D eigenvalue weighted by atomic mass is 35.5. The minimum atomic E-state index is -1.27. The molecule has 7 heteroatoms. The fourth-order valence-electron chi connectivity index (χ4n) is 1.66. The van der Waals surface area contributed by atoms with Gasteiger partial charge in [-0.25, -0.2) is 4.79 Å². The average molecular weight is 333 g/mol. The van der Waals surface area contributed by atoms with E-state index >= 15 is 0 Å². The minimum absolute atomic E-state index is 0.0200. The van der Waals surface area contributed by atoms with E-state index in [1.54, 1.807) is 44.4 Å². The first-order valence-electron chi connectivity index (χ1n) is 6.55. The van der Waals surface area contributed by atoms with Crippen molar-refractivity contribution in [2.75, 3.05) is 19.3 Å². The van der Waals surface area contributed by atoms with Gasteiger partial charge in [0.2, 0.25) is 0 Å². The van der Waals surface area contributed by atoms with Gasteiger partial charge in [0.05, 0.1) is 6.54 Å². The molecule has 1 aromatic rings.